The van der Waals surface area contributed by atoms with Crippen molar-refractivity contribution in [2.24, 2.45) is 0 Å². The number of aromatic nitrogens is 3. The molecule has 118 valence electrons. The number of nitrogens with zero attached hydrogens (tertiary/aromatic N) is 4. The number of hydrogen-bond donors (Lipinski definition) is 0. The Labute approximate surface area is 135 Å². The lowest BCUT2D eigenvalue weighted by Crippen LogP contribution is -2.38. The molecule has 0 bridgehead atoms. The third-order valence-electron chi connectivity index (χ3n) is 3.86. The summed E-state index contributed by atoms with van der Waals surface area (Å²) in [5.41, 5.74) is 1.31. The molecule has 2 aromatic rings. The fraction of sp³-hybridized carbons (Fsp3) is 0.500. The van der Waals surface area contributed by atoms with E-state index < -0.39 is 0 Å². The number of hydrogen-bond acceptors (Lipinski definition) is 5. The fourth-order valence-corrected chi connectivity index (χ4v) is 3.63. The van der Waals surface area contributed by atoms with Crippen LogP contribution in [-0.4, -0.2) is 41.1 Å². The summed E-state index contributed by atoms with van der Waals surface area (Å²) < 4.78 is 7.62. The minimum atomic E-state index is 0.355. The summed E-state index contributed by atoms with van der Waals surface area (Å²) in [6.07, 6.45) is 0. The van der Waals surface area contributed by atoms with Gasteiger partial charge in [0.05, 0.1) is 13.2 Å². The molecule has 1 atom stereocenters. The van der Waals surface area contributed by atoms with Crippen molar-refractivity contribution in [3.05, 3.63) is 35.9 Å². The zero-order valence-corrected chi connectivity index (χ0v) is 13.9. The quantitative estimate of drug-likeness (QED) is 0.793. The molecule has 1 aliphatic heterocycles. The molecule has 2 heterocycles. The van der Waals surface area contributed by atoms with Crippen molar-refractivity contribution >= 4 is 17.7 Å². The number of benzene rings is 1. The molecule has 1 unspecified atom stereocenters. The van der Waals surface area contributed by atoms with Gasteiger partial charge in [0.25, 0.3) is 0 Å². The molecule has 1 aromatic carbocycles. The smallest absolute Gasteiger partial charge is 0.228 e. The van der Waals surface area contributed by atoms with Gasteiger partial charge in [-0.15, -0.1) is 10.2 Å². The molecule has 0 N–H and O–H groups in total. The van der Waals surface area contributed by atoms with Gasteiger partial charge in [-0.05, 0) is 19.4 Å². The van der Waals surface area contributed by atoms with E-state index in [4.69, 9.17) is 4.74 Å². The summed E-state index contributed by atoms with van der Waals surface area (Å²) >= 11 is 1.76. The van der Waals surface area contributed by atoms with Crippen molar-refractivity contribution in [1.82, 2.24) is 14.8 Å². The van der Waals surface area contributed by atoms with E-state index in [9.17, 15) is 0 Å². The fourth-order valence-electron chi connectivity index (χ4n) is 2.59. The Morgan fingerprint density at radius 2 is 1.91 bits per heavy atom. The topological polar surface area (TPSA) is 43.2 Å². The van der Waals surface area contributed by atoms with Gasteiger partial charge in [0.15, 0.2) is 5.16 Å². The Kier molecular flexibility index (Phi) is 5.00. The number of anilines is 1. The van der Waals surface area contributed by atoms with Crippen LogP contribution in [0.2, 0.25) is 0 Å². The molecule has 0 saturated carbocycles. The first-order chi connectivity index (χ1) is 10.8. The minimum absolute atomic E-state index is 0.355. The standard InChI is InChI=1S/C16H22N4OS/c1-3-20-15(19-9-11-21-12-10-19)17-18-16(20)22-13(2)14-7-5-4-6-8-14/h4-8,13H,3,9-12H2,1-2H3. The van der Waals surface area contributed by atoms with E-state index in [0.29, 0.717) is 5.25 Å². The van der Waals surface area contributed by atoms with Crippen LogP contribution in [0.1, 0.15) is 24.7 Å². The average Bonchev–Trinajstić information content (AvgIpc) is 2.99. The maximum atomic E-state index is 5.42. The van der Waals surface area contributed by atoms with E-state index >= 15 is 0 Å². The number of ether oxygens (including phenoxy) is 1. The Morgan fingerprint density at radius 1 is 1.18 bits per heavy atom. The second kappa shape index (κ2) is 7.15. The third-order valence-corrected chi connectivity index (χ3v) is 5.00. The van der Waals surface area contributed by atoms with Crippen LogP contribution < -0.4 is 4.90 Å². The number of rotatable bonds is 5. The summed E-state index contributed by atoms with van der Waals surface area (Å²) in [5, 5.41) is 10.2. The zero-order chi connectivity index (χ0) is 15.4. The van der Waals surface area contributed by atoms with Gasteiger partial charge in [-0.3, -0.25) is 4.57 Å². The van der Waals surface area contributed by atoms with Crippen LogP contribution in [0.3, 0.4) is 0 Å². The summed E-state index contributed by atoms with van der Waals surface area (Å²) in [5.74, 6) is 0.966. The minimum Gasteiger partial charge on any atom is -0.378 e. The van der Waals surface area contributed by atoms with Gasteiger partial charge >= 0.3 is 0 Å². The zero-order valence-electron chi connectivity index (χ0n) is 13.1. The van der Waals surface area contributed by atoms with E-state index in [1.807, 2.05) is 6.07 Å². The lowest BCUT2D eigenvalue weighted by atomic mass is 10.2. The second-order valence-corrected chi connectivity index (χ2v) is 6.60. The summed E-state index contributed by atoms with van der Waals surface area (Å²) in [6.45, 7) is 8.53. The Hall–Kier alpha value is -1.53. The highest BCUT2D eigenvalue weighted by molar-refractivity contribution is 7.99. The van der Waals surface area contributed by atoms with Crippen molar-refractivity contribution in [3.63, 3.8) is 0 Å². The molecule has 0 amide bonds. The molecule has 3 rings (SSSR count). The van der Waals surface area contributed by atoms with E-state index in [1.54, 1.807) is 11.8 Å². The van der Waals surface area contributed by atoms with Crippen LogP contribution in [-0.2, 0) is 11.3 Å². The molecule has 0 aliphatic carbocycles. The molecular formula is C16H22N4OS. The predicted molar refractivity (Wildman–Crippen MR) is 89.4 cm³/mol. The van der Waals surface area contributed by atoms with Gasteiger partial charge in [-0.25, -0.2) is 0 Å². The van der Waals surface area contributed by atoms with Crippen LogP contribution in [0.15, 0.2) is 35.5 Å². The number of thioether (sulfide) groups is 1. The van der Waals surface area contributed by atoms with Crippen molar-refractivity contribution in [1.29, 1.82) is 0 Å². The molecule has 1 aromatic heterocycles. The lowest BCUT2D eigenvalue weighted by Gasteiger charge is -2.27. The highest BCUT2D eigenvalue weighted by Crippen LogP contribution is 2.35. The van der Waals surface area contributed by atoms with Gasteiger partial charge in [0, 0.05) is 24.9 Å². The SMILES string of the molecule is CCn1c(SC(C)c2ccccc2)nnc1N1CCOCC1. The van der Waals surface area contributed by atoms with Crippen LogP contribution >= 0.6 is 11.8 Å². The van der Waals surface area contributed by atoms with Gasteiger partial charge < -0.3 is 9.64 Å². The summed E-state index contributed by atoms with van der Waals surface area (Å²) in [6, 6.07) is 10.5. The molecule has 22 heavy (non-hydrogen) atoms. The second-order valence-electron chi connectivity index (χ2n) is 5.30. The molecule has 1 aliphatic rings. The van der Waals surface area contributed by atoms with Crippen LogP contribution in [0.4, 0.5) is 5.95 Å². The summed E-state index contributed by atoms with van der Waals surface area (Å²) in [7, 11) is 0. The Morgan fingerprint density at radius 3 is 2.59 bits per heavy atom. The maximum absolute atomic E-state index is 5.42. The Bertz CT molecular complexity index is 595. The maximum Gasteiger partial charge on any atom is 0.228 e. The highest BCUT2D eigenvalue weighted by Gasteiger charge is 2.21. The highest BCUT2D eigenvalue weighted by atomic mass is 32.2. The molecule has 5 nitrogen and oxygen atoms in total. The molecule has 6 heteroatoms. The van der Waals surface area contributed by atoms with E-state index in [2.05, 4.69) is 57.8 Å². The lowest BCUT2D eigenvalue weighted by molar-refractivity contribution is 0.121. The molecule has 1 saturated heterocycles. The molecule has 1 fully saturated rings. The van der Waals surface area contributed by atoms with Crippen LogP contribution in [0.25, 0.3) is 0 Å². The third kappa shape index (κ3) is 3.28. The normalized spacial score (nSPS) is 16.7. The van der Waals surface area contributed by atoms with Crippen LogP contribution in [0.5, 0.6) is 0 Å². The van der Waals surface area contributed by atoms with Gasteiger partial charge in [-0.2, -0.15) is 0 Å². The number of morpholine rings is 1. The first-order valence-corrected chi connectivity index (χ1v) is 8.65. The van der Waals surface area contributed by atoms with E-state index in [1.165, 1.54) is 5.56 Å². The molecule has 0 spiro atoms. The summed E-state index contributed by atoms with van der Waals surface area (Å²) in [4.78, 5) is 2.26. The van der Waals surface area contributed by atoms with E-state index in [-0.39, 0.29) is 0 Å². The van der Waals surface area contributed by atoms with Crippen LogP contribution in [0, 0.1) is 0 Å². The first-order valence-electron chi connectivity index (χ1n) is 7.77. The largest absolute Gasteiger partial charge is 0.378 e. The van der Waals surface area contributed by atoms with Crippen molar-refractivity contribution in [2.45, 2.75) is 30.8 Å². The average molecular weight is 318 g/mol. The van der Waals surface area contributed by atoms with Crippen molar-refractivity contribution in [2.75, 3.05) is 31.2 Å². The monoisotopic (exact) mass is 318 g/mol. The predicted octanol–water partition coefficient (Wildman–Crippen LogP) is 2.99. The molecular weight excluding hydrogens is 296 g/mol. The molecule has 0 radical (unpaired) electrons. The van der Waals surface area contributed by atoms with Gasteiger partial charge in [0.2, 0.25) is 5.95 Å². The van der Waals surface area contributed by atoms with Gasteiger partial charge in [0.1, 0.15) is 0 Å². The van der Waals surface area contributed by atoms with E-state index in [0.717, 1.165) is 44.0 Å². The van der Waals surface area contributed by atoms with Gasteiger partial charge in [-0.1, -0.05) is 42.1 Å². The first kappa shape index (κ1) is 15.4. The van der Waals surface area contributed by atoms with Crippen molar-refractivity contribution < 1.29 is 4.74 Å². The Balaban J connectivity index is 1.78. The van der Waals surface area contributed by atoms with Crippen molar-refractivity contribution in [3.8, 4) is 0 Å².